The molecule has 4 N–H and O–H groups in total. The molecule has 72 valence electrons. The summed E-state index contributed by atoms with van der Waals surface area (Å²) >= 11 is 0. The van der Waals surface area contributed by atoms with Gasteiger partial charge in [-0.3, -0.25) is 0 Å². The molecule has 1 atom stereocenters. The first kappa shape index (κ1) is 8.61. The van der Waals surface area contributed by atoms with E-state index in [-0.39, 0.29) is 12.4 Å². The summed E-state index contributed by atoms with van der Waals surface area (Å²) in [6, 6.07) is 0. The third kappa shape index (κ3) is 1.55. The molecule has 0 spiro atoms. The molecule has 1 aliphatic rings. The largest absolute Gasteiger partial charge is 0.422 e. The Labute approximate surface area is 75.1 Å². The van der Waals surface area contributed by atoms with Crippen LogP contribution in [0.5, 0.6) is 0 Å². The van der Waals surface area contributed by atoms with Gasteiger partial charge in [-0.15, -0.1) is 10.2 Å². The van der Waals surface area contributed by atoms with Gasteiger partial charge in [0.05, 0.1) is 5.92 Å². The fraction of sp³-hybridized carbons (Fsp3) is 0.714. The maximum Gasteiger partial charge on any atom is 0.246 e. The van der Waals surface area contributed by atoms with Crippen LogP contribution in [-0.2, 0) is 0 Å². The third-order valence-electron chi connectivity index (χ3n) is 2.10. The molecule has 6 nitrogen and oxygen atoms in total. The van der Waals surface area contributed by atoms with Gasteiger partial charge in [-0.1, -0.05) is 0 Å². The number of hydrogen-bond acceptors (Lipinski definition) is 6. The lowest BCUT2D eigenvalue weighted by Gasteiger charge is -2.23. The SMILES string of the molecule is NCC(O)c1nnc(C2CNC2)o1. The van der Waals surface area contributed by atoms with E-state index in [0.717, 1.165) is 13.1 Å². The molecular formula is C7H12N4O2. The van der Waals surface area contributed by atoms with Crippen LogP contribution in [0.2, 0.25) is 0 Å². The van der Waals surface area contributed by atoms with E-state index < -0.39 is 6.10 Å². The van der Waals surface area contributed by atoms with Crippen LogP contribution in [0, 0.1) is 0 Å². The lowest BCUT2D eigenvalue weighted by atomic mass is 10.0. The van der Waals surface area contributed by atoms with E-state index >= 15 is 0 Å². The Morgan fingerprint density at radius 1 is 1.62 bits per heavy atom. The van der Waals surface area contributed by atoms with E-state index in [0.29, 0.717) is 11.8 Å². The molecule has 0 radical (unpaired) electrons. The normalized spacial score (nSPS) is 19.8. The maximum atomic E-state index is 9.28. The van der Waals surface area contributed by atoms with E-state index in [2.05, 4.69) is 15.5 Å². The van der Waals surface area contributed by atoms with E-state index in [1.54, 1.807) is 0 Å². The maximum absolute atomic E-state index is 9.28. The van der Waals surface area contributed by atoms with Crippen molar-refractivity contribution < 1.29 is 9.52 Å². The van der Waals surface area contributed by atoms with Crippen LogP contribution in [0.1, 0.15) is 23.8 Å². The van der Waals surface area contributed by atoms with Gasteiger partial charge in [-0.05, 0) is 0 Å². The minimum atomic E-state index is -0.839. The predicted molar refractivity (Wildman–Crippen MR) is 43.9 cm³/mol. The monoisotopic (exact) mass is 184 g/mol. The van der Waals surface area contributed by atoms with Crippen molar-refractivity contribution in [3.63, 3.8) is 0 Å². The van der Waals surface area contributed by atoms with Crippen molar-refractivity contribution in [2.45, 2.75) is 12.0 Å². The predicted octanol–water partition coefficient (Wildman–Crippen LogP) is -1.25. The zero-order chi connectivity index (χ0) is 9.26. The lowest BCUT2D eigenvalue weighted by molar-refractivity contribution is 0.147. The number of nitrogens with one attached hydrogen (secondary N) is 1. The van der Waals surface area contributed by atoms with Crippen LogP contribution < -0.4 is 11.1 Å². The Morgan fingerprint density at radius 2 is 2.38 bits per heavy atom. The number of aliphatic hydroxyl groups is 1. The van der Waals surface area contributed by atoms with Gasteiger partial charge in [-0.25, -0.2) is 0 Å². The molecule has 1 saturated heterocycles. The summed E-state index contributed by atoms with van der Waals surface area (Å²) < 4.78 is 5.25. The van der Waals surface area contributed by atoms with Crippen LogP contribution in [0.25, 0.3) is 0 Å². The Balaban J connectivity index is 2.08. The van der Waals surface area contributed by atoms with Crippen LogP contribution in [0.3, 0.4) is 0 Å². The van der Waals surface area contributed by atoms with Crippen molar-refractivity contribution in [2.75, 3.05) is 19.6 Å². The second kappa shape index (κ2) is 3.41. The number of aromatic nitrogens is 2. The molecular weight excluding hydrogens is 172 g/mol. The highest BCUT2D eigenvalue weighted by Gasteiger charge is 2.25. The van der Waals surface area contributed by atoms with E-state index in [9.17, 15) is 5.11 Å². The summed E-state index contributed by atoms with van der Waals surface area (Å²) in [6.45, 7) is 1.82. The van der Waals surface area contributed by atoms with Gasteiger partial charge in [0.2, 0.25) is 11.8 Å². The summed E-state index contributed by atoms with van der Waals surface area (Å²) in [5, 5.41) is 19.9. The minimum absolute atomic E-state index is 0.102. The molecule has 0 aromatic carbocycles. The van der Waals surface area contributed by atoms with Crippen LogP contribution in [0.15, 0.2) is 4.42 Å². The number of aliphatic hydroxyl groups excluding tert-OH is 1. The second-order valence-corrected chi connectivity index (χ2v) is 3.09. The first-order chi connectivity index (χ1) is 6.31. The molecule has 1 unspecified atom stereocenters. The molecule has 13 heavy (non-hydrogen) atoms. The van der Waals surface area contributed by atoms with Gasteiger partial charge in [-0.2, -0.15) is 0 Å². The van der Waals surface area contributed by atoms with Gasteiger partial charge in [0, 0.05) is 19.6 Å². The highest BCUT2D eigenvalue weighted by molar-refractivity contribution is 5.00. The summed E-state index contributed by atoms with van der Waals surface area (Å²) in [6.07, 6.45) is -0.839. The number of nitrogens with two attached hydrogens (primary N) is 1. The smallest absolute Gasteiger partial charge is 0.246 e. The summed E-state index contributed by atoms with van der Waals surface area (Å²) in [5.74, 6) is 1.09. The highest BCUT2D eigenvalue weighted by atomic mass is 16.4. The summed E-state index contributed by atoms with van der Waals surface area (Å²) in [4.78, 5) is 0. The van der Waals surface area contributed by atoms with Crippen molar-refractivity contribution in [2.24, 2.45) is 5.73 Å². The van der Waals surface area contributed by atoms with E-state index in [1.807, 2.05) is 0 Å². The first-order valence-electron chi connectivity index (χ1n) is 4.23. The van der Waals surface area contributed by atoms with Gasteiger partial charge >= 0.3 is 0 Å². The van der Waals surface area contributed by atoms with Crippen molar-refractivity contribution in [3.05, 3.63) is 11.8 Å². The average Bonchev–Trinajstić information content (AvgIpc) is 2.49. The standard InChI is InChI=1S/C7H12N4O2/c8-1-5(12)7-11-10-6(13-7)4-2-9-3-4/h4-5,9,12H,1-3,8H2. The quantitative estimate of drug-likeness (QED) is 0.543. The number of rotatable bonds is 3. The zero-order valence-electron chi connectivity index (χ0n) is 7.10. The molecule has 1 aromatic rings. The van der Waals surface area contributed by atoms with Crippen molar-refractivity contribution >= 4 is 0 Å². The highest BCUT2D eigenvalue weighted by Crippen LogP contribution is 2.20. The van der Waals surface area contributed by atoms with Crippen molar-refractivity contribution in [1.82, 2.24) is 15.5 Å². The van der Waals surface area contributed by atoms with E-state index in [4.69, 9.17) is 10.2 Å². The Kier molecular flexibility index (Phi) is 2.26. The Hall–Kier alpha value is -0.980. The molecule has 2 heterocycles. The minimum Gasteiger partial charge on any atom is -0.422 e. The molecule has 0 bridgehead atoms. The van der Waals surface area contributed by atoms with Crippen LogP contribution in [0.4, 0.5) is 0 Å². The first-order valence-corrected chi connectivity index (χ1v) is 4.23. The number of nitrogens with zero attached hydrogens (tertiary/aromatic N) is 2. The van der Waals surface area contributed by atoms with Crippen LogP contribution >= 0.6 is 0 Å². The van der Waals surface area contributed by atoms with Crippen molar-refractivity contribution in [1.29, 1.82) is 0 Å². The Morgan fingerprint density at radius 3 is 2.92 bits per heavy atom. The fourth-order valence-corrected chi connectivity index (χ4v) is 1.11. The van der Waals surface area contributed by atoms with Gasteiger partial charge < -0.3 is 20.6 Å². The molecule has 6 heteroatoms. The molecule has 1 aliphatic heterocycles. The Bertz CT molecular complexity index is 265. The zero-order valence-corrected chi connectivity index (χ0v) is 7.10. The molecule has 1 aromatic heterocycles. The summed E-state index contributed by atoms with van der Waals surface area (Å²) in [5.41, 5.74) is 5.25. The number of hydrogen-bond donors (Lipinski definition) is 3. The summed E-state index contributed by atoms with van der Waals surface area (Å²) in [7, 11) is 0. The average molecular weight is 184 g/mol. The fourth-order valence-electron chi connectivity index (χ4n) is 1.11. The third-order valence-corrected chi connectivity index (χ3v) is 2.10. The van der Waals surface area contributed by atoms with Gasteiger partial charge in [0.1, 0.15) is 6.10 Å². The van der Waals surface area contributed by atoms with Crippen molar-refractivity contribution in [3.8, 4) is 0 Å². The molecule has 0 amide bonds. The van der Waals surface area contributed by atoms with Crippen LogP contribution in [-0.4, -0.2) is 34.9 Å². The van der Waals surface area contributed by atoms with E-state index in [1.165, 1.54) is 0 Å². The topological polar surface area (TPSA) is 97.2 Å². The second-order valence-electron chi connectivity index (χ2n) is 3.09. The molecule has 0 aliphatic carbocycles. The van der Waals surface area contributed by atoms with Gasteiger partial charge in [0.15, 0.2) is 0 Å². The van der Waals surface area contributed by atoms with Gasteiger partial charge in [0.25, 0.3) is 0 Å². The molecule has 0 saturated carbocycles. The molecule has 2 rings (SSSR count). The molecule has 1 fully saturated rings. The lowest BCUT2D eigenvalue weighted by Crippen LogP contribution is -2.40.